The van der Waals surface area contributed by atoms with Crippen LogP contribution in [0.3, 0.4) is 0 Å². The molecule has 0 aliphatic carbocycles. The summed E-state index contributed by atoms with van der Waals surface area (Å²) in [7, 11) is 3.02. The maximum atomic E-state index is 13.7. The first-order valence-corrected chi connectivity index (χ1v) is 11.4. The van der Waals surface area contributed by atoms with Crippen molar-refractivity contribution in [2.45, 2.75) is 12.3 Å². The van der Waals surface area contributed by atoms with Crippen molar-refractivity contribution < 1.29 is 28.5 Å². The van der Waals surface area contributed by atoms with Crippen LogP contribution >= 0.6 is 0 Å². The van der Waals surface area contributed by atoms with Crippen LogP contribution in [-0.2, 0) is 4.79 Å². The van der Waals surface area contributed by atoms with E-state index in [-0.39, 0.29) is 34.5 Å². The summed E-state index contributed by atoms with van der Waals surface area (Å²) in [6, 6.07) is 11.9. The molecule has 3 aromatic carbocycles. The lowest BCUT2D eigenvalue weighted by Gasteiger charge is -2.26. The zero-order valence-electron chi connectivity index (χ0n) is 19.8. The number of hydrogen-bond acceptors (Lipinski definition) is 9. The second-order valence-electron chi connectivity index (χ2n) is 8.60. The molecule has 6 rings (SSSR count). The molecular formula is C28H20N2O7. The Morgan fingerprint density at radius 2 is 1.73 bits per heavy atom. The highest BCUT2D eigenvalue weighted by atomic mass is 16.5. The predicted octanol–water partition coefficient (Wildman–Crippen LogP) is 4.57. The summed E-state index contributed by atoms with van der Waals surface area (Å²) in [4.78, 5) is 34.8. The van der Waals surface area contributed by atoms with Crippen LogP contribution in [0.1, 0.15) is 23.5 Å². The monoisotopic (exact) mass is 496 g/mol. The topological polar surface area (TPSA) is 121 Å². The molecule has 0 unspecified atom stereocenters. The van der Waals surface area contributed by atoms with E-state index in [0.29, 0.717) is 33.7 Å². The Bertz CT molecular complexity index is 1780. The van der Waals surface area contributed by atoms with Gasteiger partial charge >= 0.3 is 5.97 Å². The van der Waals surface area contributed by atoms with Gasteiger partial charge in [-0.3, -0.25) is 19.6 Å². The second-order valence-corrected chi connectivity index (χ2v) is 8.60. The Balaban J connectivity index is 1.57. The summed E-state index contributed by atoms with van der Waals surface area (Å²) in [5.74, 6) is -0.186. The average Bonchev–Trinajstić information content (AvgIpc) is 2.91. The van der Waals surface area contributed by atoms with Gasteiger partial charge in [-0.25, -0.2) is 0 Å². The molecule has 2 aromatic heterocycles. The van der Waals surface area contributed by atoms with Gasteiger partial charge in [0.2, 0.25) is 5.43 Å². The number of hydrogen-bond donors (Lipinski definition) is 1. The van der Waals surface area contributed by atoms with E-state index in [1.807, 2.05) is 18.2 Å². The van der Waals surface area contributed by atoms with E-state index in [9.17, 15) is 14.7 Å². The minimum Gasteiger partial charge on any atom is -0.507 e. The maximum absolute atomic E-state index is 13.7. The Kier molecular flexibility index (Phi) is 5.26. The Morgan fingerprint density at radius 1 is 0.946 bits per heavy atom. The quantitative estimate of drug-likeness (QED) is 0.282. The number of methoxy groups -OCH3 is 2. The van der Waals surface area contributed by atoms with Crippen LogP contribution in [0.25, 0.3) is 33.1 Å². The second kappa shape index (κ2) is 8.63. The van der Waals surface area contributed by atoms with Crippen LogP contribution in [0.15, 0.2) is 70.3 Å². The van der Waals surface area contributed by atoms with Crippen LogP contribution in [0, 0.1) is 0 Å². The molecule has 184 valence electrons. The molecule has 0 saturated heterocycles. The highest BCUT2D eigenvalue weighted by Crippen LogP contribution is 2.46. The Morgan fingerprint density at radius 3 is 2.51 bits per heavy atom. The van der Waals surface area contributed by atoms with E-state index >= 15 is 0 Å². The summed E-state index contributed by atoms with van der Waals surface area (Å²) in [5.41, 5.74) is 3.15. The van der Waals surface area contributed by atoms with E-state index in [4.69, 9.17) is 18.6 Å². The van der Waals surface area contributed by atoms with Crippen molar-refractivity contribution >= 4 is 28.0 Å². The van der Waals surface area contributed by atoms with Crippen LogP contribution in [0.5, 0.6) is 23.0 Å². The molecule has 5 aromatic rings. The fourth-order valence-corrected chi connectivity index (χ4v) is 4.82. The Hall–Kier alpha value is -4.92. The van der Waals surface area contributed by atoms with Gasteiger partial charge in [-0.1, -0.05) is 12.1 Å². The molecule has 0 bridgehead atoms. The van der Waals surface area contributed by atoms with Gasteiger partial charge in [0.1, 0.15) is 28.7 Å². The molecule has 3 heterocycles. The maximum Gasteiger partial charge on any atom is 0.312 e. The van der Waals surface area contributed by atoms with Crippen LogP contribution in [0.2, 0.25) is 0 Å². The number of carbonyl (C=O) groups excluding carboxylic acids is 1. The molecule has 1 N–H and O–H groups in total. The number of phenols is 1. The number of benzene rings is 3. The first-order chi connectivity index (χ1) is 18.0. The van der Waals surface area contributed by atoms with Gasteiger partial charge in [-0.05, 0) is 35.4 Å². The fourth-order valence-electron chi connectivity index (χ4n) is 4.82. The van der Waals surface area contributed by atoms with Gasteiger partial charge in [0.25, 0.3) is 0 Å². The molecule has 37 heavy (non-hydrogen) atoms. The molecule has 0 fully saturated rings. The lowest BCUT2D eigenvalue weighted by Crippen LogP contribution is -2.22. The molecule has 1 atom stereocenters. The molecule has 9 nitrogen and oxygen atoms in total. The number of ether oxygens (including phenoxy) is 3. The smallest absolute Gasteiger partial charge is 0.312 e. The number of aromatic hydroxyl groups is 1. The normalized spacial score (nSPS) is 14.9. The highest BCUT2D eigenvalue weighted by Gasteiger charge is 2.34. The van der Waals surface area contributed by atoms with E-state index in [2.05, 4.69) is 9.97 Å². The number of esters is 1. The van der Waals surface area contributed by atoms with Gasteiger partial charge in [0, 0.05) is 29.9 Å². The third-order valence-corrected chi connectivity index (χ3v) is 6.56. The molecule has 0 saturated carbocycles. The summed E-state index contributed by atoms with van der Waals surface area (Å²) < 4.78 is 22.1. The van der Waals surface area contributed by atoms with Gasteiger partial charge < -0.3 is 23.7 Å². The number of phenolic OH excluding ortho intramolecular Hbond substituents is 1. The standard InChI is InChI=1S/C28H20N2O7/c1-34-21-6-4-15(10-22(21)35-2)17-13-36-28-25-16(14-3-5-18-19(9-14)30-8-7-29-18)11-24(32)37-23(25)12-20(31)26(28)27(17)33/h3-10,12-13,16,31H,11H2,1-2H3/t16-/m0/s1. The van der Waals surface area contributed by atoms with Crippen molar-refractivity contribution in [3.05, 3.63) is 82.5 Å². The lowest BCUT2D eigenvalue weighted by atomic mass is 9.84. The summed E-state index contributed by atoms with van der Waals surface area (Å²) in [6.07, 6.45) is 4.57. The predicted molar refractivity (Wildman–Crippen MR) is 134 cm³/mol. The van der Waals surface area contributed by atoms with Crippen molar-refractivity contribution in [2.24, 2.45) is 0 Å². The van der Waals surface area contributed by atoms with Crippen LogP contribution < -0.4 is 19.6 Å². The molecule has 1 aliphatic rings. The number of carbonyl (C=O) groups is 1. The van der Waals surface area contributed by atoms with Gasteiger partial charge in [-0.2, -0.15) is 0 Å². The molecular weight excluding hydrogens is 476 g/mol. The van der Waals surface area contributed by atoms with Crippen LogP contribution in [-0.4, -0.2) is 35.3 Å². The Labute approximate surface area is 209 Å². The van der Waals surface area contributed by atoms with E-state index in [1.165, 1.54) is 26.5 Å². The van der Waals surface area contributed by atoms with Crippen molar-refractivity contribution in [3.63, 3.8) is 0 Å². The summed E-state index contributed by atoms with van der Waals surface area (Å²) >= 11 is 0. The highest BCUT2D eigenvalue weighted by molar-refractivity contribution is 5.94. The molecule has 0 spiro atoms. The zero-order chi connectivity index (χ0) is 25.7. The first-order valence-electron chi connectivity index (χ1n) is 11.4. The zero-order valence-corrected chi connectivity index (χ0v) is 19.8. The van der Waals surface area contributed by atoms with Crippen LogP contribution in [0.4, 0.5) is 0 Å². The average molecular weight is 496 g/mol. The van der Waals surface area contributed by atoms with Gasteiger partial charge in [0.15, 0.2) is 11.5 Å². The molecule has 9 heteroatoms. The summed E-state index contributed by atoms with van der Waals surface area (Å²) in [6.45, 7) is 0. The van der Waals surface area contributed by atoms with Crippen molar-refractivity contribution in [1.29, 1.82) is 0 Å². The third-order valence-electron chi connectivity index (χ3n) is 6.56. The van der Waals surface area contributed by atoms with Gasteiger partial charge in [0.05, 0.1) is 37.2 Å². The molecule has 0 radical (unpaired) electrons. The fraction of sp³-hybridized carbons (Fsp3) is 0.143. The van der Waals surface area contributed by atoms with E-state index < -0.39 is 17.3 Å². The van der Waals surface area contributed by atoms with E-state index in [1.54, 1.807) is 30.6 Å². The third kappa shape index (κ3) is 3.63. The first kappa shape index (κ1) is 22.5. The minimum atomic E-state index is -0.485. The number of nitrogens with zero attached hydrogens (tertiary/aromatic N) is 2. The largest absolute Gasteiger partial charge is 0.507 e. The van der Waals surface area contributed by atoms with Crippen molar-refractivity contribution in [2.75, 3.05) is 14.2 Å². The van der Waals surface area contributed by atoms with Crippen molar-refractivity contribution in [3.8, 4) is 34.1 Å². The number of fused-ring (bicyclic) bond motifs is 4. The van der Waals surface area contributed by atoms with Gasteiger partial charge in [-0.15, -0.1) is 0 Å². The summed E-state index contributed by atoms with van der Waals surface area (Å²) in [5, 5.41) is 10.8. The SMILES string of the molecule is COc1ccc(-c2coc3c4c(cc(O)c3c2=O)OC(=O)C[C@H]4c2ccc3nccnc3c2)cc1OC. The molecule has 0 amide bonds. The minimum absolute atomic E-state index is 0.00503. The van der Waals surface area contributed by atoms with E-state index in [0.717, 1.165) is 5.56 Å². The lowest BCUT2D eigenvalue weighted by molar-refractivity contribution is -0.135. The number of aromatic nitrogens is 2. The molecule has 1 aliphatic heterocycles. The number of rotatable bonds is 4. The van der Waals surface area contributed by atoms with Crippen molar-refractivity contribution in [1.82, 2.24) is 9.97 Å².